The fraction of sp³-hybridized carbons (Fsp3) is 0.381. The van der Waals surface area contributed by atoms with Gasteiger partial charge in [-0.2, -0.15) is 0 Å². The van der Waals surface area contributed by atoms with Gasteiger partial charge >= 0.3 is 0 Å². The lowest BCUT2D eigenvalue weighted by molar-refractivity contribution is -0.398. The molecule has 4 fully saturated rings. The summed E-state index contributed by atoms with van der Waals surface area (Å²) in [4.78, 5) is 4.79. The van der Waals surface area contributed by atoms with Crippen molar-refractivity contribution in [2.45, 2.75) is 11.8 Å². The molecule has 8 aliphatic carbocycles. The van der Waals surface area contributed by atoms with Crippen molar-refractivity contribution >= 4 is 11.9 Å². The second-order valence-corrected chi connectivity index (χ2v) is 8.15. The molecule has 23 heavy (non-hydrogen) atoms. The van der Waals surface area contributed by atoms with Gasteiger partial charge < -0.3 is 5.11 Å². The molecule has 10 rings (SSSR count). The first-order valence-electron chi connectivity index (χ1n) is 8.80. The van der Waals surface area contributed by atoms with Gasteiger partial charge in [0.05, 0.1) is 5.69 Å². The largest absolute Gasteiger partial charge is 0.507 e. The van der Waals surface area contributed by atoms with Gasteiger partial charge in [0.2, 0.25) is 0 Å². The summed E-state index contributed by atoms with van der Waals surface area (Å²) in [5.74, 6) is 8.06. The molecular weight excluding hydrogens is 282 g/mol. The van der Waals surface area contributed by atoms with Crippen molar-refractivity contribution in [2.24, 2.45) is 40.5 Å². The fourth-order valence-electron chi connectivity index (χ4n) is 7.17. The third-order valence-corrected chi connectivity index (χ3v) is 7.85. The number of hydrogen-bond acceptors (Lipinski definition) is 2. The number of rotatable bonds is 2. The van der Waals surface area contributed by atoms with Crippen molar-refractivity contribution in [2.75, 3.05) is 0 Å². The van der Waals surface area contributed by atoms with E-state index in [1.54, 1.807) is 6.07 Å². The monoisotopic (exact) mass is 299 g/mol. The Labute approximate surface area is 134 Å². The van der Waals surface area contributed by atoms with E-state index >= 15 is 0 Å². The van der Waals surface area contributed by atoms with Crippen molar-refractivity contribution in [1.29, 1.82) is 0 Å². The maximum Gasteiger partial charge on any atom is 0.124 e. The highest BCUT2D eigenvalue weighted by Crippen LogP contribution is 2.92. The van der Waals surface area contributed by atoms with Crippen molar-refractivity contribution in [3.05, 3.63) is 59.2 Å². The Hall–Kier alpha value is -2.09. The second-order valence-electron chi connectivity index (χ2n) is 8.15. The van der Waals surface area contributed by atoms with E-state index in [0.29, 0.717) is 5.75 Å². The van der Waals surface area contributed by atoms with Crippen molar-refractivity contribution in [1.82, 2.24) is 0 Å². The number of phenolic OH excluding ortho intramolecular Hbond substituents is 1. The summed E-state index contributed by atoms with van der Waals surface area (Å²) in [5, 5.41) is 9.93. The van der Waals surface area contributed by atoms with Crippen LogP contribution < -0.4 is 0 Å². The van der Waals surface area contributed by atoms with E-state index in [1.165, 1.54) is 11.1 Å². The van der Waals surface area contributed by atoms with Crippen LogP contribution in [0.1, 0.15) is 28.5 Å². The molecule has 2 aromatic rings. The first-order chi connectivity index (χ1) is 11.3. The number of nitrogens with zero attached hydrogens (tertiary/aromatic N) is 1. The minimum absolute atomic E-state index is 0.302. The molecule has 0 amide bonds. The molecule has 4 saturated carbocycles. The highest BCUT2D eigenvalue weighted by atomic mass is 16.3. The predicted octanol–water partition coefficient (Wildman–Crippen LogP) is 4.08. The van der Waals surface area contributed by atoms with Gasteiger partial charge in [0.15, 0.2) is 0 Å². The van der Waals surface area contributed by atoms with Crippen LogP contribution in [0, 0.1) is 35.5 Å². The van der Waals surface area contributed by atoms with Crippen LogP contribution in [0.4, 0.5) is 5.69 Å². The van der Waals surface area contributed by atoms with E-state index in [0.717, 1.165) is 58.6 Å². The summed E-state index contributed by atoms with van der Waals surface area (Å²) < 4.78 is 0. The molecule has 2 heteroatoms. The minimum Gasteiger partial charge on any atom is -0.507 e. The molecule has 4 bridgehead atoms. The first-order valence-corrected chi connectivity index (χ1v) is 8.80. The quantitative estimate of drug-likeness (QED) is 0.833. The van der Waals surface area contributed by atoms with Crippen LogP contribution >= 0.6 is 0 Å². The normalized spacial score (nSPS) is 45.4. The van der Waals surface area contributed by atoms with E-state index in [1.807, 2.05) is 24.4 Å². The van der Waals surface area contributed by atoms with Gasteiger partial charge in [-0.1, -0.05) is 24.3 Å². The summed E-state index contributed by atoms with van der Waals surface area (Å²) in [5.41, 5.74) is 4.93. The minimum atomic E-state index is 0.302. The van der Waals surface area contributed by atoms with E-state index in [-0.39, 0.29) is 0 Å². The number of aromatic hydroxyl groups is 1. The summed E-state index contributed by atoms with van der Waals surface area (Å²) in [6.45, 7) is 0. The fourth-order valence-corrected chi connectivity index (χ4v) is 7.17. The third kappa shape index (κ3) is 1.03. The average molecular weight is 299 g/mol. The second kappa shape index (κ2) is 3.38. The lowest BCUT2D eigenvalue weighted by Gasteiger charge is -2.91. The Morgan fingerprint density at radius 3 is 2.35 bits per heavy atom. The Morgan fingerprint density at radius 1 is 0.826 bits per heavy atom. The third-order valence-electron chi connectivity index (χ3n) is 7.85. The first kappa shape index (κ1) is 11.4. The molecule has 2 aromatic carbocycles. The number of phenols is 1. The summed E-state index contributed by atoms with van der Waals surface area (Å²) in [6.07, 6.45) is 1.83. The Bertz CT molecular complexity index is 896. The summed E-state index contributed by atoms with van der Waals surface area (Å²) >= 11 is 0. The van der Waals surface area contributed by atoms with Crippen LogP contribution in [-0.2, 0) is 0 Å². The maximum absolute atomic E-state index is 9.93. The van der Waals surface area contributed by atoms with Gasteiger partial charge in [0, 0.05) is 11.8 Å². The van der Waals surface area contributed by atoms with Crippen LogP contribution in [0.3, 0.4) is 0 Å². The van der Waals surface area contributed by atoms with Gasteiger partial charge in [0.25, 0.3) is 0 Å². The van der Waals surface area contributed by atoms with Crippen LogP contribution in [0.15, 0.2) is 47.5 Å². The zero-order valence-corrected chi connectivity index (χ0v) is 12.6. The lowest BCUT2D eigenvalue weighted by Crippen LogP contribution is -2.86. The number of para-hydroxylation sites is 1. The number of aliphatic imine (C=N–C) groups is 1. The van der Waals surface area contributed by atoms with E-state index in [2.05, 4.69) is 18.2 Å². The molecule has 112 valence electrons. The Kier molecular flexibility index (Phi) is 1.68. The van der Waals surface area contributed by atoms with E-state index in [4.69, 9.17) is 4.99 Å². The molecule has 0 aromatic heterocycles. The average Bonchev–Trinajstić information content (AvgIpc) is 2.59. The standard InChI is InChI=1S/C21H17NO/c23-13-4-2-1-3-10(13)8-22-12-7-9-5-6-11(12)15-18-16-14(9)17-19(15)21(18)20(16)17/h1-8,14-21,23H. The van der Waals surface area contributed by atoms with Crippen LogP contribution in [0.2, 0.25) is 0 Å². The summed E-state index contributed by atoms with van der Waals surface area (Å²) in [7, 11) is 0. The molecule has 0 spiro atoms. The molecule has 8 aliphatic rings. The van der Waals surface area contributed by atoms with Gasteiger partial charge in [0.1, 0.15) is 5.75 Å². The Morgan fingerprint density at radius 2 is 1.57 bits per heavy atom. The molecule has 4 atom stereocenters. The molecule has 1 N–H and O–H groups in total. The molecule has 0 aliphatic heterocycles. The molecule has 4 unspecified atom stereocenters. The van der Waals surface area contributed by atoms with E-state index < -0.39 is 0 Å². The van der Waals surface area contributed by atoms with Gasteiger partial charge in [-0.05, 0) is 76.7 Å². The number of benzene rings is 2. The number of hydrogen-bond donors (Lipinski definition) is 1. The molecule has 0 heterocycles. The molecule has 0 saturated heterocycles. The van der Waals surface area contributed by atoms with Gasteiger partial charge in [-0.25, -0.2) is 0 Å². The van der Waals surface area contributed by atoms with Crippen LogP contribution in [-0.4, -0.2) is 11.3 Å². The zero-order valence-electron chi connectivity index (χ0n) is 12.6. The Balaban J connectivity index is 1.36. The van der Waals surface area contributed by atoms with Crippen molar-refractivity contribution in [3.8, 4) is 5.75 Å². The van der Waals surface area contributed by atoms with Gasteiger partial charge in [-0.3, -0.25) is 4.99 Å². The molecule has 2 nitrogen and oxygen atoms in total. The molecule has 0 radical (unpaired) electrons. The lowest BCUT2D eigenvalue weighted by atomic mass is 9.13. The predicted molar refractivity (Wildman–Crippen MR) is 88.2 cm³/mol. The van der Waals surface area contributed by atoms with Crippen molar-refractivity contribution in [3.63, 3.8) is 0 Å². The highest BCUT2D eigenvalue weighted by Gasteiger charge is 2.87. The van der Waals surface area contributed by atoms with Crippen LogP contribution in [0.5, 0.6) is 5.75 Å². The van der Waals surface area contributed by atoms with E-state index in [9.17, 15) is 5.11 Å². The smallest absolute Gasteiger partial charge is 0.124 e. The highest BCUT2D eigenvalue weighted by molar-refractivity contribution is 5.85. The topological polar surface area (TPSA) is 32.6 Å². The van der Waals surface area contributed by atoms with Gasteiger partial charge in [-0.15, -0.1) is 0 Å². The maximum atomic E-state index is 9.93. The molecular formula is C21H17NO. The zero-order chi connectivity index (χ0) is 14.9. The SMILES string of the molecule is Oc1ccccc1C=Nc1cc2ccc1C1C3C4C2C2C1C3C42. The summed E-state index contributed by atoms with van der Waals surface area (Å²) in [6, 6.07) is 14.5. The van der Waals surface area contributed by atoms with Crippen LogP contribution in [0.25, 0.3) is 0 Å². The van der Waals surface area contributed by atoms with Crippen molar-refractivity contribution < 1.29 is 5.11 Å².